The van der Waals surface area contributed by atoms with Crippen molar-refractivity contribution >= 4 is 27.3 Å². The average molecular weight is 315 g/mol. The van der Waals surface area contributed by atoms with Gasteiger partial charge in [0.15, 0.2) is 0 Å². The van der Waals surface area contributed by atoms with Crippen molar-refractivity contribution in [3.05, 3.63) is 58.9 Å². The number of sulfonamides is 1. The molecule has 0 amide bonds. The zero-order valence-electron chi connectivity index (χ0n) is 10.3. The number of nitrogens with one attached hydrogen (secondary N) is 1. The lowest BCUT2D eigenvalue weighted by Gasteiger charge is -2.09. The van der Waals surface area contributed by atoms with Crippen LogP contribution in [0.2, 0.25) is 5.02 Å². The highest BCUT2D eigenvalue weighted by Gasteiger charge is 2.14. The molecular formula is C13H12ClFN2O2S. The van der Waals surface area contributed by atoms with Crippen LogP contribution in [0, 0.1) is 5.82 Å². The highest BCUT2D eigenvalue weighted by atomic mass is 35.5. The summed E-state index contributed by atoms with van der Waals surface area (Å²) in [6.45, 7) is 0.335. The van der Waals surface area contributed by atoms with E-state index in [1.807, 2.05) is 0 Å². The SMILES string of the molecule is NCc1ccc(S(=O)(=O)Nc2ccc(F)c(Cl)c2)cc1. The smallest absolute Gasteiger partial charge is 0.261 e. The minimum atomic E-state index is -3.74. The van der Waals surface area contributed by atoms with Gasteiger partial charge in [0.1, 0.15) is 5.82 Å². The maximum atomic E-state index is 13.0. The minimum Gasteiger partial charge on any atom is -0.326 e. The third-order valence-electron chi connectivity index (χ3n) is 2.64. The van der Waals surface area contributed by atoms with Crippen molar-refractivity contribution in [2.45, 2.75) is 11.4 Å². The zero-order chi connectivity index (χ0) is 14.8. The van der Waals surface area contributed by atoms with Gasteiger partial charge in [-0.2, -0.15) is 0 Å². The van der Waals surface area contributed by atoms with Crippen LogP contribution >= 0.6 is 11.6 Å². The van der Waals surface area contributed by atoms with Gasteiger partial charge >= 0.3 is 0 Å². The number of anilines is 1. The molecule has 0 saturated carbocycles. The van der Waals surface area contributed by atoms with Gasteiger partial charge in [-0.05, 0) is 35.9 Å². The summed E-state index contributed by atoms with van der Waals surface area (Å²) in [5.74, 6) is -0.609. The van der Waals surface area contributed by atoms with Crippen LogP contribution in [-0.4, -0.2) is 8.42 Å². The van der Waals surface area contributed by atoms with Gasteiger partial charge < -0.3 is 5.73 Å². The van der Waals surface area contributed by atoms with Gasteiger partial charge in [0.2, 0.25) is 0 Å². The third kappa shape index (κ3) is 3.27. The number of halogens is 2. The van der Waals surface area contributed by atoms with Crippen LogP contribution in [0.3, 0.4) is 0 Å². The summed E-state index contributed by atoms with van der Waals surface area (Å²) in [4.78, 5) is 0.0927. The molecule has 2 aromatic carbocycles. The predicted octanol–water partition coefficient (Wildman–Crippen LogP) is 2.74. The fourth-order valence-electron chi connectivity index (χ4n) is 1.58. The largest absolute Gasteiger partial charge is 0.326 e. The van der Waals surface area contributed by atoms with Crippen LogP contribution in [0.25, 0.3) is 0 Å². The van der Waals surface area contributed by atoms with E-state index in [1.54, 1.807) is 12.1 Å². The lowest BCUT2D eigenvalue weighted by molar-refractivity contribution is 0.601. The van der Waals surface area contributed by atoms with Gasteiger partial charge in [0, 0.05) is 6.54 Å². The van der Waals surface area contributed by atoms with E-state index in [0.717, 1.165) is 11.6 Å². The number of hydrogen-bond acceptors (Lipinski definition) is 3. The molecular weight excluding hydrogens is 303 g/mol. The van der Waals surface area contributed by atoms with Gasteiger partial charge in [-0.1, -0.05) is 23.7 Å². The highest BCUT2D eigenvalue weighted by molar-refractivity contribution is 7.92. The molecule has 2 rings (SSSR count). The Kier molecular flexibility index (Phi) is 4.27. The minimum absolute atomic E-state index is 0.0927. The van der Waals surface area contributed by atoms with E-state index in [4.69, 9.17) is 17.3 Å². The molecule has 0 aromatic heterocycles. The van der Waals surface area contributed by atoms with E-state index in [0.29, 0.717) is 6.54 Å². The second kappa shape index (κ2) is 5.78. The van der Waals surface area contributed by atoms with Crippen LogP contribution in [0.15, 0.2) is 47.4 Å². The van der Waals surface area contributed by atoms with Crippen LogP contribution in [0.4, 0.5) is 10.1 Å². The standard InChI is InChI=1S/C13H12ClFN2O2S/c14-12-7-10(3-6-13(12)15)17-20(18,19)11-4-1-9(8-16)2-5-11/h1-7,17H,8,16H2. The molecule has 0 heterocycles. The first-order chi connectivity index (χ1) is 9.42. The number of benzene rings is 2. The second-order valence-electron chi connectivity index (χ2n) is 4.08. The average Bonchev–Trinajstić information content (AvgIpc) is 2.43. The first-order valence-electron chi connectivity index (χ1n) is 5.69. The lowest BCUT2D eigenvalue weighted by Crippen LogP contribution is -2.13. The molecule has 106 valence electrons. The van der Waals surface area contributed by atoms with Gasteiger partial charge in [-0.25, -0.2) is 12.8 Å². The molecule has 2 aromatic rings. The topological polar surface area (TPSA) is 72.2 Å². The summed E-state index contributed by atoms with van der Waals surface area (Å²) in [6, 6.07) is 9.77. The molecule has 0 radical (unpaired) electrons. The second-order valence-corrected chi connectivity index (χ2v) is 6.17. The molecule has 0 spiro atoms. The van der Waals surface area contributed by atoms with Crippen molar-refractivity contribution in [1.82, 2.24) is 0 Å². The molecule has 7 heteroatoms. The molecule has 3 N–H and O–H groups in total. The summed E-state index contributed by atoms with van der Waals surface area (Å²) in [6.07, 6.45) is 0. The van der Waals surface area contributed by atoms with Gasteiger partial charge in [0.25, 0.3) is 10.0 Å². The first kappa shape index (κ1) is 14.8. The number of hydrogen-bond donors (Lipinski definition) is 2. The Bertz CT molecular complexity index is 718. The summed E-state index contributed by atoms with van der Waals surface area (Å²) in [5, 5.41) is -0.149. The normalized spacial score (nSPS) is 11.3. The van der Waals surface area contributed by atoms with Crippen molar-refractivity contribution in [3.8, 4) is 0 Å². The van der Waals surface area contributed by atoms with Crippen LogP contribution < -0.4 is 10.5 Å². The number of rotatable bonds is 4. The highest BCUT2D eigenvalue weighted by Crippen LogP contribution is 2.22. The quantitative estimate of drug-likeness (QED) is 0.911. The monoisotopic (exact) mass is 314 g/mol. The van der Waals surface area contributed by atoms with Gasteiger partial charge in [-0.3, -0.25) is 4.72 Å². The molecule has 0 aliphatic rings. The summed E-state index contributed by atoms with van der Waals surface area (Å²) in [7, 11) is -3.74. The molecule has 20 heavy (non-hydrogen) atoms. The number of nitrogens with two attached hydrogens (primary N) is 1. The Morgan fingerprint density at radius 3 is 2.35 bits per heavy atom. The van der Waals surface area contributed by atoms with Crippen molar-refractivity contribution in [2.24, 2.45) is 5.73 Å². The van der Waals surface area contributed by atoms with Crippen LogP contribution in [0.1, 0.15) is 5.56 Å². The summed E-state index contributed by atoms with van der Waals surface area (Å²) < 4.78 is 39.6. The molecule has 0 unspecified atom stereocenters. The molecule has 0 aliphatic carbocycles. The zero-order valence-corrected chi connectivity index (χ0v) is 11.9. The molecule has 0 bridgehead atoms. The first-order valence-corrected chi connectivity index (χ1v) is 7.55. The van der Waals surface area contributed by atoms with Crippen LogP contribution in [-0.2, 0) is 16.6 Å². The maximum Gasteiger partial charge on any atom is 0.261 e. The molecule has 4 nitrogen and oxygen atoms in total. The van der Waals surface area contributed by atoms with Crippen LogP contribution in [0.5, 0.6) is 0 Å². The fourth-order valence-corrected chi connectivity index (χ4v) is 2.81. The Hall–Kier alpha value is -1.63. The fraction of sp³-hybridized carbons (Fsp3) is 0.0769. The molecule has 0 aliphatic heterocycles. The maximum absolute atomic E-state index is 13.0. The van der Waals surface area contributed by atoms with Gasteiger partial charge in [-0.15, -0.1) is 0 Å². The molecule has 0 atom stereocenters. The van der Waals surface area contributed by atoms with E-state index < -0.39 is 15.8 Å². The Balaban J connectivity index is 2.27. The Morgan fingerprint density at radius 1 is 1.15 bits per heavy atom. The van der Waals surface area contributed by atoms with Crippen molar-refractivity contribution in [3.63, 3.8) is 0 Å². The van der Waals surface area contributed by atoms with Crippen molar-refractivity contribution in [1.29, 1.82) is 0 Å². The van der Waals surface area contributed by atoms with E-state index in [2.05, 4.69) is 4.72 Å². The van der Waals surface area contributed by atoms with E-state index >= 15 is 0 Å². The van der Waals surface area contributed by atoms with E-state index in [-0.39, 0.29) is 15.6 Å². The van der Waals surface area contributed by atoms with Crippen molar-refractivity contribution < 1.29 is 12.8 Å². The van der Waals surface area contributed by atoms with Gasteiger partial charge in [0.05, 0.1) is 15.6 Å². The lowest BCUT2D eigenvalue weighted by atomic mass is 10.2. The Morgan fingerprint density at radius 2 is 1.80 bits per heavy atom. The summed E-state index contributed by atoms with van der Waals surface area (Å²) in [5.41, 5.74) is 6.47. The summed E-state index contributed by atoms with van der Waals surface area (Å²) >= 11 is 5.60. The predicted molar refractivity (Wildman–Crippen MR) is 76.6 cm³/mol. The molecule has 0 fully saturated rings. The van der Waals surface area contributed by atoms with E-state index in [1.165, 1.54) is 24.3 Å². The van der Waals surface area contributed by atoms with E-state index in [9.17, 15) is 12.8 Å². The third-order valence-corrected chi connectivity index (χ3v) is 4.33. The Labute approximate surface area is 121 Å². The van der Waals surface area contributed by atoms with Crippen molar-refractivity contribution in [2.75, 3.05) is 4.72 Å². The molecule has 0 saturated heterocycles.